The van der Waals surface area contributed by atoms with E-state index in [0.717, 1.165) is 11.3 Å². The van der Waals surface area contributed by atoms with E-state index in [1.807, 2.05) is 38.2 Å². The van der Waals surface area contributed by atoms with E-state index in [1.54, 1.807) is 17.1 Å². The van der Waals surface area contributed by atoms with Crippen molar-refractivity contribution in [3.63, 3.8) is 0 Å². The van der Waals surface area contributed by atoms with Gasteiger partial charge >= 0.3 is 0 Å². The third kappa shape index (κ3) is 2.85. The second-order valence-corrected chi connectivity index (χ2v) is 3.94. The molecule has 1 aromatic heterocycles. The quantitative estimate of drug-likeness (QED) is 0.881. The summed E-state index contributed by atoms with van der Waals surface area (Å²) in [5.41, 5.74) is 0.908. The molecule has 0 saturated heterocycles. The molecule has 0 aliphatic carbocycles. The van der Waals surface area contributed by atoms with E-state index >= 15 is 0 Å². The molecule has 17 heavy (non-hydrogen) atoms. The lowest BCUT2D eigenvalue weighted by Crippen LogP contribution is -1.94. The Kier molecular flexibility index (Phi) is 3.44. The van der Waals surface area contributed by atoms with Crippen LogP contribution >= 0.6 is 0 Å². The van der Waals surface area contributed by atoms with Crippen molar-refractivity contribution in [3.8, 4) is 11.5 Å². The molecular formula is C13H16N2O2. The minimum absolute atomic E-state index is 0.401. The van der Waals surface area contributed by atoms with Crippen molar-refractivity contribution in [1.82, 2.24) is 9.78 Å². The molecule has 0 aliphatic heterocycles. The molecule has 1 N–H and O–H groups in total. The maximum atomic E-state index is 9.66. The molecule has 0 bridgehead atoms. The third-order valence-electron chi connectivity index (χ3n) is 2.57. The van der Waals surface area contributed by atoms with Gasteiger partial charge in [0.15, 0.2) is 5.75 Å². The second kappa shape index (κ2) is 5.01. The lowest BCUT2D eigenvalue weighted by molar-refractivity contribution is 0.173. The first-order valence-electron chi connectivity index (χ1n) is 5.63. The molecule has 2 rings (SSSR count). The molecule has 4 nitrogen and oxygen atoms in total. The number of ether oxygens (including phenoxy) is 1. The summed E-state index contributed by atoms with van der Waals surface area (Å²) >= 11 is 0. The van der Waals surface area contributed by atoms with E-state index in [0.29, 0.717) is 12.2 Å². The molecule has 90 valence electrons. The fourth-order valence-corrected chi connectivity index (χ4v) is 1.58. The minimum Gasteiger partial charge on any atom is -0.454 e. The van der Waals surface area contributed by atoms with Gasteiger partial charge in [0, 0.05) is 7.05 Å². The van der Waals surface area contributed by atoms with Gasteiger partial charge < -0.3 is 9.84 Å². The van der Waals surface area contributed by atoms with Crippen LogP contribution in [0, 0.1) is 0 Å². The summed E-state index contributed by atoms with van der Waals surface area (Å²) in [4.78, 5) is 0. The van der Waals surface area contributed by atoms with Crippen LogP contribution in [-0.2, 0) is 7.05 Å². The lowest BCUT2D eigenvalue weighted by atomic mass is 10.1. The number of nitrogens with zero attached hydrogens (tertiary/aromatic N) is 2. The molecule has 0 fully saturated rings. The van der Waals surface area contributed by atoms with Crippen molar-refractivity contribution >= 4 is 0 Å². The summed E-state index contributed by atoms with van der Waals surface area (Å²) in [6.07, 6.45) is 3.77. The van der Waals surface area contributed by atoms with Crippen LogP contribution in [0.4, 0.5) is 0 Å². The summed E-state index contributed by atoms with van der Waals surface area (Å²) in [5.74, 6) is 1.45. The normalized spacial score (nSPS) is 12.4. The summed E-state index contributed by atoms with van der Waals surface area (Å²) in [7, 11) is 1.84. The van der Waals surface area contributed by atoms with Crippen molar-refractivity contribution in [3.05, 3.63) is 42.2 Å². The number of aromatic nitrogens is 2. The molecule has 0 aliphatic rings. The van der Waals surface area contributed by atoms with Crippen molar-refractivity contribution < 1.29 is 9.84 Å². The van der Waals surface area contributed by atoms with Gasteiger partial charge in [-0.2, -0.15) is 5.10 Å². The fourth-order valence-electron chi connectivity index (χ4n) is 1.58. The zero-order valence-electron chi connectivity index (χ0n) is 10.00. The van der Waals surface area contributed by atoms with Crippen LogP contribution in [0.3, 0.4) is 0 Å². The number of hydrogen-bond donors (Lipinski definition) is 1. The Bertz CT molecular complexity index is 476. The first-order valence-corrected chi connectivity index (χ1v) is 5.63. The van der Waals surface area contributed by atoms with Crippen LogP contribution in [0.2, 0.25) is 0 Å². The Balaban J connectivity index is 2.08. The lowest BCUT2D eigenvalue weighted by Gasteiger charge is -2.08. The minimum atomic E-state index is -0.401. The van der Waals surface area contributed by atoms with Gasteiger partial charge in [-0.3, -0.25) is 4.68 Å². The van der Waals surface area contributed by atoms with E-state index in [9.17, 15) is 5.11 Å². The Morgan fingerprint density at radius 2 is 2.00 bits per heavy atom. The van der Waals surface area contributed by atoms with Gasteiger partial charge in [-0.15, -0.1) is 0 Å². The maximum absolute atomic E-state index is 9.66. The molecule has 0 unspecified atom stereocenters. The highest BCUT2D eigenvalue weighted by Gasteiger charge is 2.05. The third-order valence-corrected chi connectivity index (χ3v) is 2.57. The first-order chi connectivity index (χ1) is 8.19. The summed E-state index contributed by atoms with van der Waals surface area (Å²) in [6, 6.07) is 7.45. The van der Waals surface area contributed by atoms with Crippen LogP contribution in [-0.4, -0.2) is 14.9 Å². The predicted molar refractivity (Wildman–Crippen MR) is 65.0 cm³/mol. The molecule has 0 saturated carbocycles. The molecule has 2 aromatic rings. The molecule has 1 atom stereocenters. The van der Waals surface area contributed by atoms with Gasteiger partial charge in [-0.25, -0.2) is 0 Å². The zero-order chi connectivity index (χ0) is 12.3. The molecule has 4 heteroatoms. The van der Waals surface area contributed by atoms with Crippen molar-refractivity contribution in [2.24, 2.45) is 7.05 Å². The topological polar surface area (TPSA) is 47.3 Å². The molecule has 1 heterocycles. The van der Waals surface area contributed by atoms with Gasteiger partial charge in [0.1, 0.15) is 5.75 Å². The maximum Gasteiger partial charge on any atom is 0.165 e. The predicted octanol–water partition coefficient (Wildman–Crippen LogP) is 2.66. The van der Waals surface area contributed by atoms with Crippen molar-refractivity contribution in [2.45, 2.75) is 19.4 Å². The number of hydrogen-bond acceptors (Lipinski definition) is 3. The van der Waals surface area contributed by atoms with Gasteiger partial charge in [-0.05, 0) is 24.1 Å². The van der Waals surface area contributed by atoms with Crippen LogP contribution in [0.15, 0.2) is 36.7 Å². The molecule has 0 spiro atoms. The van der Waals surface area contributed by atoms with Gasteiger partial charge in [-0.1, -0.05) is 19.1 Å². The molecular weight excluding hydrogens is 216 g/mol. The monoisotopic (exact) mass is 232 g/mol. The molecule has 0 amide bonds. The van der Waals surface area contributed by atoms with E-state index in [4.69, 9.17) is 4.74 Å². The summed E-state index contributed by atoms with van der Waals surface area (Å²) in [5, 5.41) is 13.7. The molecule has 1 aromatic carbocycles. The SMILES string of the molecule is CC[C@@H](O)c1ccc(Oc2cnn(C)c2)cc1. The number of aliphatic hydroxyl groups excluding tert-OH is 1. The van der Waals surface area contributed by atoms with E-state index in [2.05, 4.69) is 5.10 Å². The number of rotatable bonds is 4. The second-order valence-electron chi connectivity index (χ2n) is 3.94. The highest BCUT2D eigenvalue weighted by molar-refractivity contribution is 5.32. The average molecular weight is 232 g/mol. The zero-order valence-corrected chi connectivity index (χ0v) is 10.00. The van der Waals surface area contributed by atoms with E-state index in [1.165, 1.54) is 0 Å². The fraction of sp³-hybridized carbons (Fsp3) is 0.308. The smallest absolute Gasteiger partial charge is 0.165 e. The number of benzene rings is 1. The van der Waals surface area contributed by atoms with Crippen LogP contribution in [0.1, 0.15) is 25.0 Å². The number of aliphatic hydroxyl groups is 1. The highest BCUT2D eigenvalue weighted by atomic mass is 16.5. The number of aryl methyl sites for hydroxylation is 1. The highest BCUT2D eigenvalue weighted by Crippen LogP contribution is 2.23. The first kappa shape index (κ1) is 11.7. The van der Waals surface area contributed by atoms with Crippen LogP contribution < -0.4 is 4.74 Å². The Labute approximate surface area is 100 Å². The average Bonchev–Trinajstić information content (AvgIpc) is 2.75. The molecule has 0 radical (unpaired) electrons. The van der Waals surface area contributed by atoms with Crippen molar-refractivity contribution in [2.75, 3.05) is 0 Å². The standard InChI is InChI=1S/C13H16N2O2/c1-3-13(16)10-4-6-11(7-5-10)17-12-8-14-15(2)9-12/h4-9,13,16H,3H2,1-2H3/t13-/m1/s1. The van der Waals surface area contributed by atoms with Gasteiger partial charge in [0.2, 0.25) is 0 Å². The van der Waals surface area contributed by atoms with E-state index < -0.39 is 6.10 Å². The van der Waals surface area contributed by atoms with Crippen LogP contribution in [0.25, 0.3) is 0 Å². The summed E-state index contributed by atoms with van der Waals surface area (Å²) < 4.78 is 7.29. The Hall–Kier alpha value is -1.81. The van der Waals surface area contributed by atoms with Gasteiger partial charge in [0.05, 0.1) is 18.5 Å². The van der Waals surface area contributed by atoms with Crippen molar-refractivity contribution in [1.29, 1.82) is 0 Å². The Morgan fingerprint density at radius 1 is 1.29 bits per heavy atom. The van der Waals surface area contributed by atoms with E-state index in [-0.39, 0.29) is 0 Å². The van der Waals surface area contributed by atoms with Crippen LogP contribution in [0.5, 0.6) is 11.5 Å². The Morgan fingerprint density at radius 3 is 2.53 bits per heavy atom. The van der Waals surface area contributed by atoms with Gasteiger partial charge in [0.25, 0.3) is 0 Å². The largest absolute Gasteiger partial charge is 0.454 e. The summed E-state index contributed by atoms with van der Waals surface area (Å²) in [6.45, 7) is 1.95.